The molecule has 0 aliphatic heterocycles. The van der Waals surface area contributed by atoms with E-state index in [4.69, 9.17) is 5.11 Å². The second kappa shape index (κ2) is 7.92. The molecule has 1 amide bonds. The molecule has 0 unspecified atom stereocenters. The number of carbonyl (C=O) groups is 1. The second-order valence-corrected chi connectivity index (χ2v) is 5.71. The van der Waals surface area contributed by atoms with Gasteiger partial charge in [-0.3, -0.25) is 9.48 Å². The summed E-state index contributed by atoms with van der Waals surface area (Å²) in [6.45, 7) is 6.36. The molecule has 0 atom stereocenters. The van der Waals surface area contributed by atoms with Crippen molar-refractivity contribution in [1.29, 1.82) is 0 Å². The molecule has 5 heteroatoms. The molecule has 0 spiro atoms. The Hall–Kier alpha value is -2.14. The summed E-state index contributed by atoms with van der Waals surface area (Å²) in [4.78, 5) is 12.4. The number of amides is 1. The van der Waals surface area contributed by atoms with Gasteiger partial charge in [-0.15, -0.1) is 0 Å². The van der Waals surface area contributed by atoms with Crippen LogP contribution in [-0.2, 0) is 6.42 Å². The quantitative estimate of drug-likeness (QED) is 0.823. The second-order valence-electron chi connectivity index (χ2n) is 5.71. The molecule has 5 nitrogen and oxygen atoms in total. The molecule has 1 heterocycles. The first-order valence-corrected chi connectivity index (χ1v) is 8.16. The Balaban J connectivity index is 2.10. The summed E-state index contributed by atoms with van der Waals surface area (Å²) in [5.74, 6) is -0.201. The number of benzene rings is 1. The first-order valence-electron chi connectivity index (χ1n) is 8.16. The highest BCUT2D eigenvalue weighted by molar-refractivity contribution is 6.02. The number of aromatic nitrogens is 2. The maximum atomic E-state index is 12.4. The van der Waals surface area contributed by atoms with E-state index in [2.05, 4.69) is 24.3 Å². The van der Waals surface area contributed by atoms with Gasteiger partial charge < -0.3 is 10.4 Å². The molecule has 0 bridgehead atoms. The van der Waals surface area contributed by atoms with Crippen LogP contribution in [0.3, 0.4) is 0 Å². The Bertz CT molecular complexity index is 643. The van der Waals surface area contributed by atoms with Gasteiger partial charge in [-0.05, 0) is 49.9 Å². The molecular weight excluding hydrogens is 290 g/mol. The van der Waals surface area contributed by atoms with Crippen LogP contribution < -0.4 is 5.32 Å². The Kier molecular flexibility index (Phi) is 5.93. The summed E-state index contributed by atoms with van der Waals surface area (Å²) in [5.41, 5.74) is 3.21. The lowest BCUT2D eigenvalue weighted by atomic mass is 10.1. The lowest BCUT2D eigenvalue weighted by Gasteiger charge is -2.14. The highest BCUT2D eigenvalue weighted by atomic mass is 16.3. The number of nitrogens with zero attached hydrogens (tertiary/aromatic N) is 2. The fourth-order valence-electron chi connectivity index (χ4n) is 2.68. The maximum Gasteiger partial charge on any atom is 0.276 e. The molecule has 0 aliphatic carbocycles. The van der Waals surface area contributed by atoms with Crippen LogP contribution in [0.15, 0.2) is 30.3 Å². The van der Waals surface area contributed by atoms with E-state index in [9.17, 15) is 4.79 Å². The van der Waals surface area contributed by atoms with E-state index in [0.29, 0.717) is 18.2 Å². The van der Waals surface area contributed by atoms with Crippen molar-refractivity contribution in [2.24, 2.45) is 0 Å². The van der Waals surface area contributed by atoms with Crippen LogP contribution in [0.2, 0.25) is 0 Å². The molecule has 1 aromatic carbocycles. The fraction of sp³-hybridized carbons (Fsp3) is 0.444. The average molecular weight is 315 g/mol. The van der Waals surface area contributed by atoms with E-state index in [1.807, 2.05) is 41.9 Å². The zero-order chi connectivity index (χ0) is 16.8. The topological polar surface area (TPSA) is 67.2 Å². The van der Waals surface area contributed by atoms with Gasteiger partial charge in [0.2, 0.25) is 0 Å². The van der Waals surface area contributed by atoms with Gasteiger partial charge in [0.15, 0.2) is 5.69 Å². The van der Waals surface area contributed by atoms with Gasteiger partial charge in [-0.2, -0.15) is 5.10 Å². The molecule has 1 aromatic heterocycles. The fourth-order valence-corrected chi connectivity index (χ4v) is 2.68. The van der Waals surface area contributed by atoms with Crippen molar-refractivity contribution in [3.63, 3.8) is 0 Å². The van der Waals surface area contributed by atoms with Gasteiger partial charge in [-0.1, -0.05) is 26.0 Å². The third-order valence-electron chi connectivity index (χ3n) is 4.06. The first kappa shape index (κ1) is 17.2. The van der Waals surface area contributed by atoms with Crippen LogP contribution in [0.5, 0.6) is 0 Å². The number of hydrogen-bond acceptors (Lipinski definition) is 3. The minimum absolute atomic E-state index is 0.123. The first-order chi connectivity index (χ1) is 11.1. The van der Waals surface area contributed by atoms with Crippen LogP contribution in [0.25, 0.3) is 0 Å². The summed E-state index contributed by atoms with van der Waals surface area (Å²) in [6.07, 6.45) is 2.60. The van der Waals surface area contributed by atoms with E-state index >= 15 is 0 Å². The molecule has 0 aliphatic rings. The smallest absolute Gasteiger partial charge is 0.276 e. The maximum absolute atomic E-state index is 12.4. The molecule has 2 aromatic rings. The zero-order valence-electron chi connectivity index (χ0n) is 14.0. The number of carbonyl (C=O) groups excluding carboxylic acids is 1. The van der Waals surface area contributed by atoms with Gasteiger partial charge in [0.05, 0.1) is 6.04 Å². The number of anilines is 1. The minimum atomic E-state index is -0.201. The van der Waals surface area contributed by atoms with E-state index in [1.54, 1.807) is 0 Å². The van der Waals surface area contributed by atoms with Crippen LogP contribution in [-0.4, -0.2) is 27.4 Å². The predicted molar refractivity (Wildman–Crippen MR) is 91.8 cm³/mol. The van der Waals surface area contributed by atoms with E-state index in [1.165, 1.54) is 0 Å². The van der Waals surface area contributed by atoms with Crippen molar-refractivity contribution >= 4 is 11.6 Å². The van der Waals surface area contributed by atoms with E-state index < -0.39 is 0 Å². The molecule has 23 heavy (non-hydrogen) atoms. The highest BCUT2D eigenvalue weighted by Crippen LogP contribution is 2.19. The largest absolute Gasteiger partial charge is 0.396 e. The molecule has 124 valence electrons. The van der Waals surface area contributed by atoms with E-state index in [0.717, 1.165) is 29.8 Å². The summed E-state index contributed by atoms with van der Waals surface area (Å²) in [6, 6.07) is 9.64. The lowest BCUT2D eigenvalue weighted by Crippen LogP contribution is -2.15. The molecule has 0 saturated heterocycles. The summed E-state index contributed by atoms with van der Waals surface area (Å²) in [5, 5.41) is 16.2. The van der Waals surface area contributed by atoms with Crippen LogP contribution >= 0.6 is 0 Å². The van der Waals surface area contributed by atoms with Crippen molar-refractivity contribution in [3.8, 4) is 0 Å². The van der Waals surface area contributed by atoms with Crippen molar-refractivity contribution in [3.05, 3.63) is 47.3 Å². The number of aliphatic hydroxyl groups excluding tert-OH is 1. The molecule has 0 radical (unpaired) electrons. The van der Waals surface area contributed by atoms with Crippen LogP contribution in [0.4, 0.5) is 5.69 Å². The lowest BCUT2D eigenvalue weighted by molar-refractivity contribution is 0.102. The predicted octanol–water partition coefficient (Wildman–Crippen LogP) is 3.34. The Morgan fingerprint density at radius 1 is 1.26 bits per heavy atom. The van der Waals surface area contributed by atoms with Gasteiger partial charge in [0.1, 0.15) is 0 Å². The van der Waals surface area contributed by atoms with Gasteiger partial charge in [-0.25, -0.2) is 0 Å². The van der Waals surface area contributed by atoms with Crippen molar-refractivity contribution in [2.75, 3.05) is 11.9 Å². The Labute approximate surface area is 137 Å². The summed E-state index contributed by atoms with van der Waals surface area (Å²) < 4.78 is 1.94. The minimum Gasteiger partial charge on any atom is -0.396 e. The third-order valence-corrected chi connectivity index (χ3v) is 4.06. The number of hydrogen-bond donors (Lipinski definition) is 2. The summed E-state index contributed by atoms with van der Waals surface area (Å²) >= 11 is 0. The Morgan fingerprint density at radius 2 is 1.91 bits per heavy atom. The monoisotopic (exact) mass is 315 g/mol. The zero-order valence-corrected chi connectivity index (χ0v) is 14.0. The molecular formula is C18H25N3O2. The number of rotatable bonds is 7. The van der Waals surface area contributed by atoms with Crippen LogP contribution in [0, 0.1) is 6.92 Å². The highest BCUT2D eigenvalue weighted by Gasteiger charge is 2.16. The van der Waals surface area contributed by atoms with E-state index in [-0.39, 0.29) is 12.5 Å². The van der Waals surface area contributed by atoms with Crippen LogP contribution in [0.1, 0.15) is 54.5 Å². The SMILES string of the molecule is CCC(CC)n1nc(C(=O)Nc2ccc(CCO)cc2)cc1C. The van der Waals surface area contributed by atoms with Crippen molar-refractivity contribution in [2.45, 2.75) is 46.1 Å². The molecule has 0 fully saturated rings. The van der Waals surface area contributed by atoms with Gasteiger partial charge in [0, 0.05) is 18.0 Å². The molecule has 0 saturated carbocycles. The summed E-state index contributed by atoms with van der Waals surface area (Å²) in [7, 11) is 0. The normalized spacial score (nSPS) is 11.0. The molecule has 2 N–H and O–H groups in total. The Morgan fingerprint density at radius 3 is 2.48 bits per heavy atom. The molecule has 2 rings (SSSR count). The van der Waals surface area contributed by atoms with Gasteiger partial charge >= 0.3 is 0 Å². The standard InChI is InChI=1S/C18H25N3O2/c1-4-16(5-2)21-13(3)12-17(20-21)18(23)19-15-8-6-14(7-9-15)10-11-22/h6-9,12,16,22H,4-5,10-11H2,1-3H3,(H,19,23). The number of aliphatic hydroxyl groups is 1. The number of nitrogens with one attached hydrogen (secondary N) is 1. The number of aryl methyl sites for hydroxylation is 1. The third kappa shape index (κ3) is 4.20. The van der Waals surface area contributed by atoms with Crippen molar-refractivity contribution < 1.29 is 9.90 Å². The van der Waals surface area contributed by atoms with Crippen molar-refractivity contribution in [1.82, 2.24) is 9.78 Å². The average Bonchev–Trinajstić information content (AvgIpc) is 2.93. The van der Waals surface area contributed by atoms with Gasteiger partial charge in [0.25, 0.3) is 5.91 Å².